The van der Waals surface area contributed by atoms with Gasteiger partial charge < -0.3 is 0 Å². The van der Waals surface area contributed by atoms with Gasteiger partial charge >= 0.3 is 0 Å². The first-order valence-corrected chi connectivity index (χ1v) is 8.65. The van der Waals surface area contributed by atoms with Gasteiger partial charge in [-0.3, -0.25) is 4.21 Å². The van der Waals surface area contributed by atoms with Crippen molar-refractivity contribution in [2.45, 2.75) is 25.5 Å². The van der Waals surface area contributed by atoms with Gasteiger partial charge in [0.1, 0.15) is 10.0 Å². The van der Waals surface area contributed by atoms with Crippen molar-refractivity contribution in [3.8, 4) is 0 Å². The van der Waals surface area contributed by atoms with Gasteiger partial charge in [0.25, 0.3) is 0 Å². The molecule has 2 aromatic heterocycles. The van der Waals surface area contributed by atoms with Crippen LogP contribution in [0.1, 0.15) is 21.8 Å². The Kier molecular flexibility index (Phi) is 4.82. The Morgan fingerprint density at radius 2 is 2.18 bits per heavy atom. The van der Waals surface area contributed by atoms with Crippen LogP contribution in [0, 0.1) is 0 Å². The summed E-state index contributed by atoms with van der Waals surface area (Å²) in [5.41, 5.74) is 0. The third kappa shape index (κ3) is 3.97. The largest absolute Gasteiger partial charge is 0.259 e. The summed E-state index contributed by atoms with van der Waals surface area (Å²) < 4.78 is 11.9. The van der Waals surface area contributed by atoms with Crippen molar-refractivity contribution in [3.05, 3.63) is 32.4 Å². The number of hydrogen-bond acceptors (Lipinski definition) is 5. The minimum absolute atomic E-state index is 0.545. The molecule has 6 heteroatoms. The van der Waals surface area contributed by atoms with Gasteiger partial charge in [0, 0.05) is 21.4 Å². The highest BCUT2D eigenvalue weighted by Gasteiger charge is 2.08. The second-order valence-electron chi connectivity index (χ2n) is 3.56. The molecule has 0 fully saturated rings. The molecule has 0 aliphatic heterocycles. The summed E-state index contributed by atoms with van der Waals surface area (Å²) in [6, 6.07) is 4.11. The highest BCUT2D eigenvalue weighted by atomic mass is 32.2. The Labute approximate surface area is 111 Å². The first-order valence-electron chi connectivity index (χ1n) is 5.46. The number of hydrogen-bond donors (Lipinski definition) is 0. The molecule has 1 atom stereocenters. The lowest BCUT2D eigenvalue weighted by atomic mass is 10.4. The summed E-state index contributed by atoms with van der Waals surface area (Å²) in [5.74, 6) is 1.25. The average molecular weight is 286 g/mol. The molecule has 0 aliphatic rings. The Balaban J connectivity index is 1.81. The molecule has 0 aromatic carbocycles. The van der Waals surface area contributed by atoms with Crippen molar-refractivity contribution >= 4 is 33.5 Å². The molecule has 0 radical (unpaired) electrons. The summed E-state index contributed by atoms with van der Waals surface area (Å²) >= 11 is 3.29. The molecule has 92 valence electrons. The van der Waals surface area contributed by atoms with Gasteiger partial charge in [-0.15, -0.1) is 32.9 Å². The van der Waals surface area contributed by atoms with Crippen LogP contribution in [0.25, 0.3) is 0 Å². The lowest BCUT2D eigenvalue weighted by Gasteiger charge is -1.97. The molecule has 1 unspecified atom stereocenters. The number of thiophene rings is 1. The van der Waals surface area contributed by atoms with Crippen molar-refractivity contribution in [1.82, 2.24) is 10.2 Å². The van der Waals surface area contributed by atoms with Crippen LogP contribution in [0.4, 0.5) is 0 Å². The summed E-state index contributed by atoms with van der Waals surface area (Å²) in [6.07, 6.45) is 1.79. The molecule has 2 aromatic rings. The van der Waals surface area contributed by atoms with Crippen LogP contribution >= 0.6 is 22.7 Å². The quantitative estimate of drug-likeness (QED) is 0.820. The van der Waals surface area contributed by atoms with Crippen LogP contribution in [0.5, 0.6) is 0 Å². The van der Waals surface area contributed by atoms with Gasteiger partial charge in [0.15, 0.2) is 0 Å². The van der Waals surface area contributed by atoms with Gasteiger partial charge in [-0.05, 0) is 24.3 Å². The summed E-state index contributed by atoms with van der Waals surface area (Å²) in [7, 11) is -0.830. The SMILES string of the molecule is CCc1nnc(CS(=O)CCc2cccs2)s1. The van der Waals surface area contributed by atoms with E-state index in [1.54, 1.807) is 22.7 Å². The maximum atomic E-state index is 11.9. The molecular formula is C11H14N2OS3. The molecule has 2 rings (SSSR count). The number of rotatable bonds is 6. The highest BCUT2D eigenvalue weighted by Crippen LogP contribution is 2.14. The smallest absolute Gasteiger partial charge is 0.129 e. The van der Waals surface area contributed by atoms with Crippen molar-refractivity contribution < 1.29 is 4.21 Å². The van der Waals surface area contributed by atoms with E-state index in [4.69, 9.17) is 0 Å². The van der Waals surface area contributed by atoms with E-state index in [-0.39, 0.29) is 0 Å². The number of aromatic nitrogens is 2. The number of aryl methyl sites for hydroxylation is 2. The Morgan fingerprint density at radius 3 is 2.82 bits per heavy atom. The van der Waals surface area contributed by atoms with Gasteiger partial charge in [0.05, 0.1) is 5.75 Å². The summed E-state index contributed by atoms with van der Waals surface area (Å²) in [6.45, 7) is 2.05. The van der Waals surface area contributed by atoms with Gasteiger partial charge in [-0.2, -0.15) is 0 Å². The van der Waals surface area contributed by atoms with E-state index in [0.717, 1.165) is 22.9 Å². The van der Waals surface area contributed by atoms with Crippen LogP contribution < -0.4 is 0 Å². The first-order chi connectivity index (χ1) is 8.28. The van der Waals surface area contributed by atoms with Crippen molar-refractivity contribution in [3.63, 3.8) is 0 Å². The van der Waals surface area contributed by atoms with E-state index in [1.165, 1.54) is 4.88 Å². The average Bonchev–Trinajstić information content (AvgIpc) is 2.97. The third-order valence-electron chi connectivity index (χ3n) is 2.25. The molecule has 17 heavy (non-hydrogen) atoms. The highest BCUT2D eigenvalue weighted by molar-refractivity contribution is 7.84. The molecule has 3 nitrogen and oxygen atoms in total. The first kappa shape index (κ1) is 12.9. The molecule has 0 N–H and O–H groups in total. The monoisotopic (exact) mass is 286 g/mol. The Morgan fingerprint density at radius 1 is 1.35 bits per heavy atom. The van der Waals surface area contributed by atoms with E-state index in [2.05, 4.69) is 28.6 Å². The summed E-state index contributed by atoms with van der Waals surface area (Å²) in [5, 5.41) is 12.1. The van der Waals surface area contributed by atoms with Crippen molar-refractivity contribution in [1.29, 1.82) is 0 Å². The van der Waals surface area contributed by atoms with Crippen LogP contribution in [0.2, 0.25) is 0 Å². The van der Waals surface area contributed by atoms with Gasteiger partial charge in [-0.25, -0.2) is 0 Å². The minimum Gasteiger partial charge on any atom is -0.259 e. The van der Waals surface area contributed by atoms with Crippen LogP contribution in [0.3, 0.4) is 0 Å². The van der Waals surface area contributed by atoms with Gasteiger partial charge in [0.2, 0.25) is 0 Å². The molecule has 0 saturated carbocycles. The normalized spacial score (nSPS) is 12.8. The van der Waals surface area contributed by atoms with E-state index in [0.29, 0.717) is 11.5 Å². The molecule has 0 bridgehead atoms. The summed E-state index contributed by atoms with van der Waals surface area (Å²) in [4.78, 5) is 1.30. The number of nitrogens with zero attached hydrogens (tertiary/aromatic N) is 2. The second-order valence-corrected chi connectivity index (χ2v) is 7.32. The zero-order chi connectivity index (χ0) is 12.1. The zero-order valence-electron chi connectivity index (χ0n) is 9.59. The van der Waals surface area contributed by atoms with E-state index in [1.807, 2.05) is 6.07 Å². The lowest BCUT2D eigenvalue weighted by molar-refractivity contribution is 0.681. The molecule has 0 spiro atoms. The predicted molar refractivity (Wildman–Crippen MR) is 74.0 cm³/mol. The molecule has 0 amide bonds. The molecular weight excluding hydrogens is 272 g/mol. The van der Waals surface area contributed by atoms with Crippen molar-refractivity contribution in [2.75, 3.05) is 5.75 Å². The fraction of sp³-hybridized carbons (Fsp3) is 0.455. The Hall–Kier alpha value is -0.590. The molecule has 2 heterocycles. The van der Waals surface area contributed by atoms with Crippen LogP contribution in [0.15, 0.2) is 17.5 Å². The maximum absolute atomic E-state index is 11.9. The topological polar surface area (TPSA) is 42.9 Å². The molecule has 0 aliphatic carbocycles. The predicted octanol–water partition coefficient (Wildman–Crippen LogP) is 2.65. The zero-order valence-corrected chi connectivity index (χ0v) is 12.0. The second kappa shape index (κ2) is 6.37. The van der Waals surface area contributed by atoms with E-state index >= 15 is 0 Å². The Bertz CT molecular complexity index is 479. The van der Waals surface area contributed by atoms with Crippen molar-refractivity contribution in [2.24, 2.45) is 0 Å². The minimum atomic E-state index is -0.830. The maximum Gasteiger partial charge on any atom is 0.129 e. The van der Waals surface area contributed by atoms with E-state index in [9.17, 15) is 4.21 Å². The van der Waals surface area contributed by atoms with Crippen LogP contribution in [-0.2, 0) is 29.4 Å². The fourth-order valence-corrected chi connectivity index (χ4v) is 4.34. The van der Waals surface area contributed by atoms with Crippen LogP contribution in [-0.4, -0.2) is 20.2 Å². The van der Waals surface area contributed by atoms with Gasteiger partial charge in [-0.1, -0.05) is 13.0 Å². The lowest BCUT2D eigenvalue weighted by Crippen LogP contribution is -2.02. The van der Waals surface area contributed by atoms with E-state index < -0.39 is 10.8 Å². The molecule has 0 saturated heterocycles. The fourth-order valence-electron chi connectivity index (χ4n) is 1.37. The third-order valence-corrected chi connectivity index (χ3v) is 5.69. The standard InChI is InChI=1S/C11H14N2OS3/c1-2-10-12-13-11(16-10)8-17(14)7-5-9-4-3-6-15-9/h3-4,6H,2,5,7-8H2,1H3.